The third-order valence-electron chi connectivity index (χ3n) is 7.84. The molecule has 2 heterocycles. The molecule has 1 aliphatic heterocycles. The summed E-state index contributed by atoms with van der Waals surface area (Å²) in [6.07, 6.45) is 1.94. The molecule has 0 aliphatic carbocycles. The molecule has 0 unspecified atom stereocenters. The SMILES string of the molecule is CCN(CC)C(=O)C1=C(C)N=c2s/c(=C/c3cccc4ccccc34)c(=O)n2[C@H]1c1c(OC)ccc2ccccc12. The van der Waals surface area contributed by atoms with E-state index in [1.165, 1.54) is 11.3 Å². The Bertz CT molecular complexity index is 2030. The highest BCUT2D eigenvalue weighted by molar-refractivity contribution is 7.07. The van der Waals surface area contributed by atoms with Gasteiger partial charge in [0.05, 0.1) is 22.9 Å². The van der Waals surface area contributed by atoms with Gasteiger partial charge in [0.2, 0.25) is 0 Å². The number of hydrogen-bond acceptors (Lipinski definition) is 5. The fraction of sp³-hybridized carbons (Fsp3) is 0.206. The number of carbonyl (C=O) groups is 1. The molecular formula is C34H31N3O3S. The maximum absolute atomic E-state index is 14.4. The van der Waals surface area contributed by atoms with Gasteiger partial charge in [0.15, 0.2) is 4.80 Å². The van der Waals surface area contributed by atoms with Crippen LogP contribution in [0.4, 0.5) is 0 Å². The number of amides is 1. The molecule has 1 amide bonds. The first-order chi connectivity index (χ1) is 20.0. The molecular weight excluding hydrogens is 530 g/mol. The second kappa shape index (κ2) is 10.8. The summed E-state index contributed by atoms with van der Waals surface area (Å²) < 4.78 is 8.14. The van der Waals surface area contributed by atoms with Crippen molar-refractivity contribution in [2.45, 2.75) is 26.8 Å². The zero-order valence-corrected chi connectivity index (χ0v) is 24.4. The van der Waals surface area contributed by atoms with Crippen molar-refractivity contribution in [2.75, 3.05) is 20.2 Å². The number of fused-ring (bicyclic) bond motifs is 3. The summed E-state index contributed by atoms with van der Waals surface area (Å²) in [5.74, 6) is 0.497. The fourth-order valence-corrected chi connectivity index (χ4v) is 6.84. The van der Waals surface area contributed by atoms with Gasteiger partial charge >= 0.3 is 0 Å². The lowest BCUT2D eigenvalue weighted by Gasteiger charge is -2.30. The highest BCUT2D eigenvalue weighted by Gasteiger charge is 2.36. The third kappa shape index (κ3) is 4.46. The quantitative estimate of drug-likeness (QED) is 0.278. The number of hydrogen-bond donors (Lipinski definition) is 0. The second-order valence-electron chi connectivity index (χ2n) is 10.0. The van der Waals surface area contributed by atoms with Crippen LogP contribution < -0.4 is 19.6 Å². The normalized spacial score (nSPS) is 15.2. The first kappa shape index (κ1) is 26.7. The maximum atomic E-state index is 14.4. The van der Waals surface area contributed by atoms with Crippen molar-refractivity contribution >= 4 is 44.9 Å². The Hall–Kier alpha value is -4.49. The lowest BCUT2D eigenvalue weighted by atomic mass is 9.90. The van der Waals surface area contributed by atoms with Crippen LogP contribution in [0.25, 0.3) is 27.6 Å². The van der Waals surface area contributed by atoms with E-state index in [0.717, 1.165) is 32.7 Å². The van der Waals surface area contributed by atoms with E-state index in [-0.39, 0.29) is 11.5 Å². The average Bonchev–Trinajstić information content (AvgIpc) is 3.30. The van der Waals surface area contributed by atoms with E-state index in [0.29, 0.717) is 39.4 Å². The third-order valence-corrected chi connectivity index (χ3v) is 8.82. The molecule has 0 bridgehead atoms. The first-order valence-corrected chi connectivity index (χ1v) is 14.6. The van der Waals surface area contributed by atoms with Gasteiger partial charge in [-0.3, -0.25) is 14.2 Å². The van der Waals surface area contributed by atoms with Gasteiger partial charge < -0.3 is 9.64 Å². The van der Waals surface area contributed by atoms with E-state index in [1.54, 1.807) is 16.6 Å². The lowest BCUT2D eigenvalue weighted by molar-refractivity contribution is -0.127. The van der Waals surface area contributed by atoms with Crippen LogP contribution in [0.1, 0.15) is 37.9 Å². The van der Waals surface area contributed by atoms with Crippen LogP contribution in [0.15, 0.2) is 99.9 Å². The maximum Gasteiger partial charge on any atom is 0.271 e. The highest BCUT2D eigenvalue weighted by Crippen LogP contribution is 2.40. The predicted molar refractivity (Wildman–Crippen MR) is 166 cm³/mol. The number of allylic oxidation sites excluding steroid dienone is 1. The summed E-state index contributed by atoms with van der Waals surface area (Å²) in [6.45, 7) is 6.89. The zero-order chi connectivity index (χ0) is 28.7. The molecule has 4 aromatic carbocycles. The predicted octanol–water partition coefficient (Wildman–Crippen LogP) is 5.42. The Morgan fingerprint density at radius 2 is 1.61 bits per heavy atom. The van der Waals surface area contributed by atoms with Gasteiger partial charge in [-0.05, 0) is 60.0 Å². The number of carbonyl (C=O) groups excluding carboxylic acids is 1. The Balaban J connectivity index is 1.68. The summed E-state index contributed by atoms with van der Waals surface area (Å²) in [4.78, 5) is 35.7. The van der Waals surface area contributed by atoms with Crippen molar-refractivity contribution in [3.05, 3.63) is 121 Å². The minimum Gasteiger partial charge on any atom is -0.496 e. The molecule has 0 N–H and O–H groups in total. The number of benzene rings is 4. The standard InChI is InChI=1S/C34H31N3O3S/c1-5-36(6-2)33(39)29-21(3)35-34-37(31(29)30-26-17-10-8-13-23(26)18-19-27(30)40-4)32(38)28(41-34)20-24-15-11-14-22-12-7-9-16-25(22)24/h7-20,31H,5-6H2,1-4H3/b28-20+/t31-/m1/s1. The molecule has 0 fully saturated rings. The molecule has 206 valence electrons. The molecule has 0 saturated heterocycles. The van der Waals surface area contributed by atoms with Gasteiger partial charge in [0.1, 0.15) is 11.8 Å². The molecule has 0 spiro atoms. The second-order valence-corrected chi connectivity index (χ2v) is 11.0. The molecule has 41 heavy (non-hydrogen) atoms. The van der Waals surface area contributed by atoms with Crippen molar-refractivity contribution in [3.63, 3.8) is 0 Å². The van der Waals surface area contributed by atoms with E-state index >= 15 is 0 Å². The van der Waals surface area contributed by atoms with Crippen LogP contribution in [-0.2, 0) is 4.79 Å². The molecule has 6 nitrogen and oxygen atoms in total. The summed E-state index contributed by atoms with van der Waals surface area (Å²) in [7, 11) is 1.63. The van der Waals surface area contributed by atoms with Crippen molar-refractivity contribution in [3.8, 4) is 5.75 Å². The van der Waals surface area contributed by atoms with Crippen LogP contribution in [0.2, 0.25) is 0 Å². The minimum absolute atomic E-state index is 0.125. The van der Waals surface area contributed by atoms with Crippen LogP contribution >= 0.6 is 11.3 Å². The molecule has 0 saturated carbocycles. The van der Waals surface area contributed by atoms with Crippen molar-refractivity contribution in [2.24, 2.45) is 4.99 Å². The Labute approximate surface area is 242 Å². The van der Waals surface area contributed by atoms with E-state index in [1.807, 2.05) is 87.5 Å². The van der Waals surface area contributed by atoms with Crippen LogP contribution in [0.3, 0.4) is 0 Å². The van der Waals surface area contributed by atoms with Crippen molar-refractivity contribution in [1.29, 1.82) is 0 Å². The van der Waals surface area contributed by atoms with E-state index in [4.69, 9.17) is 9.73 Å². The Morgan fingerprint density at radius 3 is 2.32 bits per heavy atom. The van der Waals surface area contributed by atoms with Gasteiger partial charge in [0.25, 0.3) is 11.5 Å². The number of thiazole rings is 1. The van der Waals surface area contributed by atoms with Gasteiger partial charge in [-0.2, -0.15) is 0 Å². The molecule has 1 atom stereocenters. The minimum atomic E-state index is -0.699. The van der Waals surface area contributed by atoms with Crippen LogP contribution in [0.5, 0.6) is 5.75 Å². The number of aromatic nitrogens is 1. The van der Waals surface area contributed by atoms with Crippen LogP contribution in [-0.4, -0.2) is 35.6 Å². The number of methoxy groups -OCH3 is 1. The number of rotatable bonds is 6. The summed E-state index contributed by atoms with van der Waals surface area (Å²) in [6, 6.07) is 25.5. The van der Waals surface area contributed by atoms with Gasteiger partial charge in [-0.15, -0.1) is 0 Å². The Kier molecular flexibility index (Phi) is 7.05. The van der Waals surface area contributed by atoms with Crippen LogP contribution in [0, 0.1) is 0 Å². The highest BCUT2D eigenvalue weighted by atomic mass is 32.1. The largest absolute Gasteiger partial charge is 0.496 e. The van der Waals surface area contributed by atoms with Gasteiger partial charge in [0, 0.05) is 18.7 Å². The summed E-state index contributed by atoms with van der Waals surface area (Å²) in [5, 5.41) is 4.11. The smallest absolute Gasteiger partial charge is 0.271 e. The average molecular weight is 562 g/mol. The van der Waals surface area contributed by atoms with E-state index in [2.05, 4.69) is 18.2 Å². The topological polar surface area (TPSA) is 63.9 Å². The molecule has 6 rings (SSSR count). The molecule has 1 aliphatic rings. The number of nitrogens with zero attached hydrogens (tertiary/aromatic N) is 3. The fourth-order valence-electron chi connectivity index (χ4n) is 5.80. The van der Waals surface area contributed by atoms with Crippen molar-refractivity contribution in [1.82, 2.24) is 9.47 Å². The lowest BCUT2D eigenvalue weighted by Crippen LogP contribution is -2.43. The molecule has 0 radical (unpaired) electrons. The van der Waals surface area contributed by atoms with E-state index < -0.39 is 6.04 Å². The zero-order valence-electron chi connectivity index (χ0n) is 23.5. The first-order valence-electron chi connectivity index (χ1n) is 13.8. The summed E-state index contributed by atoms with van der Waals surface area (Å²) in [5.41, 5.74) is 2.67. The van der Waals surface area contributed by atoms with Gasteiger partial charge in [-0.25, -0.2) is 4.99 Å². The van der Waals surface area contributed by atoms with Gasteiger partial charge in [-0.1, -0.05) is 84.1 Å². The number of ether oxygens (including phenoxy) is 1. The van der Waals surface area contributed by atoms with Crippen molar-refractivity contribution < 1.29 is 9.53 Å². The Morgan fingerprint density at radius 1 is 0.951 bits per heavy atom. The molecule has 7 heteroatoms. The summed E-state index contributed by atoms with van der Waals surface area (Å²) >= 11 is 1.35. The van der Waals surface area contributed by atoms with E-state index in [9.17, 15) is 9.59 Å². The molecule has 1 aromatic heterocycles. The molecule has 5 aromatic rings. The monoisotopic (exact) mass is 561 g/mol. The number of likely N-dealkylation sites (N-methyl/N-ethyl adjacent to an activating group) is 1.